The molecule has 4 N–H and O–H groups in total. The second-order valence-corrected chi connectivity index (χ2v) is 17.3. The van der Waals surface area contributed by atoms with Crippen LogP contribution in [0.2, 0.25) is 10.0 Å². The molecule has 17 nitrogen and oxygen atoms in total. The highest BCUT2D eigenvalue weighted by molar-refractivity contribution is 7.15. The Hall–Kier alpha value is -5.47. The lowest BCUT2D eigenvalue weighted by Crippen LogP contribution is -2.34. The number of aromatic nitrogens is 6. The van der Waals surface area contributed by atoms with Crippen LogP contribution >= 0.6 is 34.5 Å². The van der Waals surface area contributed by atoms with Gasteiger partial charge >= 0.3 is 0 Å². The quantitative estimate of drug-likeness (QED) is 0.100. The lowest BCUT2D eigenvalue weighted by Gasteiger charge is -2.15. The van der Waals surface area contributed by atoms with Crippen LogP contribution < -0.4 is 20.1 Å². The number of pyridine rings is 1. The third kappa shape index (κ3) is 9.02. The fourth-order valence-corrected chi connectivity index (χ4v) is 9.37. The van der Waals surface area contributed by atoms with Crippen LogP contribution in [0.25, 0.3) is 27.4 Å². The van der Waals surface area contributed by atoms with Crippen molar-refractivity contribution in [3.05, 3.63) is 97.9 Å². The lowest BCUT2D eigenvalue weighted by molar-refractivity contribution is -0.125. The van der Waals surface area contributed by atoms with E-state index in [1.54, 1.807) is 29.5 Å². The molecule has 0 unspecified atom stereocenters. The Bertz CT molecular complexity index is 2690. The molecular formula is C43H43Cl2N9O8S. The number of aliphatic imine (C=N–C) groups is 1. The molecule has 2 saturated heterocycles. The third-order valence-corrected chi connectivity index (χ3v) is 12.7. The first-order valence-corrected chi connectivity index (χ1v) is 21.9. The Morgan fingerprint density at radius 1 is 0.937 bits per heavy atom. The summed E-state index contributed by atoms with van der Waals surface area (Å²) in [4.78, 5) is 44.2. The van der Waals surface area contributed by atoms with Gasteiger partial charge in [0.1, 0.15) is 54.1 Å². The van der Waals surface area contributed by atoms with Crippen molar-refractivity contribution in [2.24, 2.45) is 4.99 Å². The topological polar surface area (TPSA) is 209 Å². The highest BCUT2D eigenvalue weighted by Gasteiger charge is 2.48. The van der Waals surface area contributed by atoms with Gasteiger partial charge in [0.15, 0.2) is 17.6 Å². The number of carbonyl (C=O) groups is 2. The van der Waals surface area contributed by atoms with Crippen molar-refractivity contribution in [1.29, 1.82) is 0 Å². The molecule has 3 aliphatic rings. The second-order valence-electron chi connectivity index (χ2n) is 15.3. The number of amides is 2. The maximum Gasteiger partial charge on any atom is 0.296 e. The summed E-state index contributed by atoms with van der Waals surface area (Å²) in [6, 6.07) is 16.2. The molecule has 7 heterocycles. The normalized spacial score (nSPS) is 20.2. The summed E-state index contributed by atoms with van der Waals surface area (Å²) in [7, 11) is 0. The van der Waals surface area contributed by atoms with E-state index in [-0.39, 0.29) is 76.5 Å². The van der Waals surface area contributed by atoms with Gasteiger partial charge in [0.2, 0.25) is 11.8 Å². The zero-order chi connectivity index (χ0) is 43.8. The second kappa shape index (κ2) is 18.3. The number of ether oxygens (including phenoxy) is 5. The summed E-state index contributed by atoms with van der Waals surface area (Å²) >= 11 is 14.5. The van der Waals surface area contributed by atoms with E-state index in [9.17, 15) is 14.7 Å². The summed E-state index contributed by atoms with van der Waals surface area (Å²) in [5.41, 5.74) is 6.07. The fourth-order valence-electron chi connectivity index (χ4n) is 7.77. The van der Waals surface area contributed by atoms with Gasteiger partial charge in [-0.05, 0) is 68.8 Å². The molecule has 9 rings (SSSR count). The van der Waals surface area contributed by atoms with Crippen LogP contribution in [0.15, 0.2) is 59.6 Å². The van der Waals surface area contributed by atoms with Crippen molar-refractivity contribution < 1.29 is 38.4 Å². The highest BCUT2D eigenvalue weighted by Crippen LogP contribution is 2.40. The number of aryl methyl sites for hydroxylation is 2. The van der Waals surface area contributed by atoms with E-state index in [1.807, 2.05) is 47.9 Å². The average molecular weight is 917 g/mol. The van der Waals surface area contributed by atoms with Gasteiger partial charge in [-0.1, -0.05) is 35.3 Å². The molecule has 5 atom stereocenters. The molecule has 3 aliphatic heterocycles. The first-order valence-electron chi connectivity index (χ1n) is 20.4. The summed E-state index contributed by atoms with van der Waals surface area (Å²) in [5.74, 6) is 1.34. The number of thiophene rings is 1. The fraction of sp³-hybridized carbons (Fsp3) is 0.372. The summed E-state index contributed by atoms with van der Waals surface area (Å²) in [6.45, 7) is 7.17. The van der Waals surface area contributed by atoms with Gasteiger partial charge in [-0.3, -0.25) is 19.1 Å². The molecule has 0 aliphatic carbocycles. The zero-order valence-electron chi connectivity index (χ0n) is 34.4. The summed E-state index contributed by atoms with van der Waals surface area (Å²) < 4.78 is 30.6. The van der Waals surface area contributed by atoms with Crippen molar-refractivity contribution in [3.63, 3.8) is 0 Å². The minimum Gasteiger partial charge on any atom is -0.492 e. The van der Waals surface area contributed by atoms with Crippen LogP contribution in [-0.2, 0) is 23.8 Å². The van der Waals surface area contributed by atoms with E-state index >= 15 is 0 Å². The molecular weight excluding hydrogens is 874 g/mol. The third-order valence-electron chi connectivity index (χ3n) is 11.0. The van der Waals surface area contributed by atoms with Gasteiger partial charge < -0.3 is 44.4 Å². The molecule has 0 spiro atoms. The number of rotatable bonds is 15. The molecule has 0 bridgehead atoms. The van der Waals surface area contributed by atoms with E-state index < -0.39 is 24.4 Å². The number of nitrogens with zero attached hydrogens (tertiary/aromatic N) is 6. The monoisotopic (exact) mass is 915 g/mol. The Kier molecular flexibility index (Phi) is 12.5. The number of aliphatic hydroxyl groups is 1. The number of fused-ring (bicyclic) bond motifs is 5. The molecule has 0 saturated carbocycles. The zero-order valence-corrected chi connectivity index (χ0v) is 36.7. The van der Waals surface area contributed by atoms with Gasteiger partial charge in [-0.25, -0.2) is 4.98 Å². The summed E-state index contributed by atoms with van der Waals surface area (Å²) in [5, 5.41) is 26.5. The number of aromatic amines is 1. The average Bonchev–Trinajstić information content (AvgIpc) is 4.08. The SMILES string of the molecule is Cc1sc2c(c1C)C(c1ccc(Cl)cc1)=N[C@@H](CC(=O)NCCOCC(=O)NCCOc1ccc(-c3nc4nc(O[C@@H]5CO[C@H]6[C@@H]5OC[C@H]6O)[nH]c4cc3Cl)cc1)c1nnc(C)n1-2. The van der Waals surface area contributed by atoms with E-state index in [2.05, 4.69) is 49.6 Å². The van der Waals surface area contributed by atoms with Crippen LogP contribution in [0.3, 0.4) is 0 Å². The predicted molar refractivity (Wildman–Crippen MR) is 234 cm³/mol. The van der Waals surface area contributed by atoms with E-state index in [1.165, 1.54) is 0 Å². The number of carbonyl (C=O) groups excluding carboxylic acids is 2. The largest absolute Gasteiger partial charge is 0.492 e. The lowest BCUT2D eigenvalue weighted by atomic mass is 9.99. The first kappa shape index (κ1) is 42.8. The molecule has 2 amide bonds. The van der Waals surface area contributed by atoms with Crippen LogP contribution in [0.5, 0.6) is 11.8 Å². The maximum absolute atomic E-state index is 13.3. The number of imidazole rings is 1. The number of hydrogen-bond acceptors (Lipinski definition) is 14. The molecule has 6 aromatic rings. The maximum atomic E-state index is 13.3. The van der Waals surface area contributed by atoms with Crippen molar-refractivity contribution in [1.82, 2.24) is 40.3 Å². The Balaban J connectivity index is 0.711. The molecule has 0 radical (unpaired) electrons. The van der Waals surface area contributed by atoms with E-state index in [0.29, 0.717) is 44.3 Å². The van der Waals surface area contributed by atoms with Crippen LogP contribution in [0.4, 0.5) is 0 Å². The predicted octanol–water partition coefficient (Wildman–Crippen LogP) is 5.02. The number of benzene rings is 2. The Morgan fingerprint density at radius 3 is 2.49 bits per heavy atom. The number of H-pyrrole nitrogens is 1. The van der Waals surface area contributed by atoms with Gasteiger partial charge in [-0.15, -0.1) is 21.5 Å². The minimum absolute atomic E-state index is 0.0376. The van der Waals surface area contributed by atoms with Gasteiger partial charge in [0.25, 0.3) is 6.01 Å². The molecule has 2 fully saturated rings. The molecule has 20 heteroatoms. The van der Waals surface area contributed by atoms with Crippen molar-refractivity contribution in [3.8, 4) is 28.0 Å². The number of hydrogen-bond donors (Lipinski definition) is 4. The van der Waals surface area contributed by atoms with Crippen LogP contribution in [-0.4, -0.2) is 123 Å². The Labute approximate surface area is 375 Å². The van der Waals surface area contributed by atoms with Crippen molar-refractivity contribution >= 4 is 63.2 Å². The molecule has 328 valence electrons. The minimum atomic E-state index is -0.675. The van der Waals surface area contributed by atoms with E-state index in [0.717, 1.165) is 37.8 Å². The smallest absolute Gasteiger partial charge is 0.296 e. The molecule has 63 heavy (non-hydrogen) atoms. The van der Waals surface area contributed by atoms with E-state index in [4.69, 9.17) is 51.9 Å². The van der Waals surface area contributed by atoms with Crippen molar-refractivity contribution in [2.75, 3.05) is 46.1 Å². The molecule has 4 aromatic heterocycles. The summed E-state index contributed by atoms with van der Waals surface area (Å²) in [6.07, 6.45) is -1.84. The van der Waals surface area contributed by atoms with Gasteiger partial charge in [0, 0.05) is 33.1 Å². The number of halogens is 2. The van der Waals surface area contributed by atoms with Crippen LogP contribution in [0, 0.1) is 20.8 Å². The van der Waals surface area contributed by atoms with Crippen LogP contribution in [0.1, 0.15) is 45.7 Å². The van der Waals surface area contributed by atoms with Crippen molar-refractivity contribution in [2.45, 2.75) is 57.6 Å². The Morgan fingerprint density at radius 2 is 1.68 bits per heavy atom. The standard InChI is InChI=1S/C43H43Cl2N9O8S/c1-21-22(2)63-42-35(21)37(25-4-8-26(44)9-5-25)48-30(41-53-52-23(3)54(41)42)17-33(56)46-12-14-58-20-34(57)47-13-15-59-27-10-6-24(7-11-27)36-28(45)16-29-40(50-36)51-43(49-29)62-32-19-61-38-31(55)18-60-39(32)38/h4-11,16,30-32,38-39,55H,12-15,17-20H2,1-3H3,(H,46,56)(H,47,57)(H,49,50,51)/t30-,31+,32+,38+,39+/m0/s1. The van der Waals surface area contributed by atoms with Gasteiger partial charge in [-0.2, -0.15) is 4.98 Å². The number of aliphatic hydroxyl groups excluding tert-OH is 1. The first-order chi connectivity index (χ1) is 30.5. The molecule has 2 aromatic carbocycles. The number of nitrogens with one attached hydrogen (secondary N) is 3. The van der Waals surface area contributed by atoms with Gasteiger partial charge in [0.05, 0.1) is 54.7 Å². The highest BCUT2D eigenvalue weighted by atomic mass is 35.5.